The van der Waals surface area contributed by atoms with Crippen molar-refractivity contribution in [2.24, 2.45) is 5.73 Å². The molecule has 0 spiro atoms. The summed E-state index contributed by atoms with van der Waals surface area (Å²) >= 11 is 0. The highest BCUT2D eigenvalue weighted by Gasteiger charge is 2.46. The van der Waals surface area contributed by atoms with Crippen LogP contribution in [0.15, 0.2) is 30.7 Å². The maximum absolute atomic E-state index is 13.8. The second kappa shape index (κ2) is 11.0. The Morgan fingerprint density at radius 2 is 1.97 bits per heavy atom. The number of hydrogen-bond donors (Lipinski definition) is 2. The van der Waals surface area contributed by atoms with Crippen molar-refractivity contribution in [3.8, 4) is 11.4 Å². The van der Waals surface area contributed by atoms with Gasteiger partial charge in [0.25, 0.3) is 0 Å². The zero-order valence-corrected chi connectivity index (χ0v) is 19.8. The van der Waals surface area contributed by atoms with Crippen molar-refractivity contribution in [2.45, 2.75) is 56.3 Å². The van der Waals surface area contributed by atoms with E-state index >= 15 is 0 Å². The quantitative estimate of drug-likeness (QED) is 0.564. The molecule has 2 aliphatic heterocycles. The lowest BCUT2D eigenvalue weighted by atomic mass is 9.93. The lowest BCUT2D eigenvalue weighted by Gasteiger charge is -2.37. The molecule has 0 aliphatic carbocycles. The van der Waals surface area contributed by atoms with E-state index in [-0.39, 0.29) is 55.4 Å². The number of rotatable bonds is 5. The SMILES string of the molecule is Cl.N[C@H](CC(=O)N1Cc2nc(-c3ccncc3)ncc2C(C(F)(F)F)C1)CN1C(=O)CCC(F)C1O. The summed E-state index contributed by atoms with van der Waals surface area (Å²) in [6.45, 7) is -1.10. The summed E-state index contributed by atoms with van der Waals surface area (Å²) in [6, 6.07) is 2.23. The summed E-state index contributed by atoms with van der Waals surface area (Å²) in [4.78, 5) is 39.1. The average molecular weight is 533 g/mol. The van der Waals surface area contributed by atoms with Crippen LogP contribution in [0.2, 0.25) is 0 Å². The fourth-order valence-electron chi connectivity index (χ4n) is 4.30. The number of nitrogens with zero attached hydrogens (tertiary/aromatic N) is 5. The number of piperidine rings is 1. The Balaban J connectivity index is 0.00000361. The number of carbonyl (C=O) groups excluding carboxylic acids is 2. The van der Waals surface area contributed by atoms with Crippen molar-refractivity contribution in [3.05, 3.63) is 42.0 Å². The highest BCUT2D eigenvalue weighted by molar-refractivity contribution is 5.85. The highest BCUT2D eigenvalue weighted by Crippen LogP contribution is 2.40. The summed E-state index contributed by atoms with van der Waals surface area (Å²) in [5, 5.41) is 9.93. The van der Waals surface area contributed by atoms with Gasteiger partial charge in [-0.05, 0) is 18.6 Å². The molecule has 2 aliphatic rings. The van der Waals surface area contributed by atoms with Crippen molar-refractivity contribution in [2.75, 3.05) is 13.1 Å². The lowest BCUT2D eigenvalue weighted by Crippen LogP contribution is -2.54. The topological polar surface area (TPSA) is 126 Å². The fourth-order valence-corrected chi connectivity index (χ4v) is 4.30. The number of likely N-dealkylation sites (tertiary alicyclic amines) is 1. The normalized spacial score (nSPS) is 23.1. The molecule has 196 valence electrons. The van der Waals surface area contributed by atoms with Crippen LogP contribution in [-0.2, 0) is 16.1 Å². The van der Waals surface area contributed by atoms with Gasteiger partial charge in [-0.2, -0.15) is 13.2 Å². The molecule has 1 fully saturated rings. The first-order valence-corrected chi connectivity index (χ1v) is 11.0. The van der Waals surface area contributed by atoms with E-state index in [0.717, 1.165) is 16.0 Å². The number of amides is 2. The van der Waals surface area contributed by atoms with Crippen molar-refractivity contribution < 1.29 is 32.3 Å². The molecule has 0 radical (unpaired) electrons. The average Bonchev–Trinajstić information content (AvgIpc) is 2.83. The predicted octanol–water partition coefficient (Wildman–Crippen LogP) is 1.94. The molecule has 3 unspecified atom stereocenters. The van der Waals surface area contributed by atoms with E-state index in [2.05, 4.69) is 15.0 Å². The van der Waals surface area contributed by atoms with Crippen LogP contribution in [0, 0.1) is 0 Å². The minimum absolute atomic E-state index is 0. The molecule has 3 N–H and O–H groups in total. The van der Waals surface area contributed by atoms with Crippen molar-refractivity contribution in [1.29, 1.82) is 0 Å². The molecule has 0 saturated carbocycles. The largest absolute Gasteiger partial charge is 0.397 e. The number of aliphatic hydroxyl groups excluding tert-OH is 1. The first-order valence-electron chi connectivity index (χ1n) is 11.0. The van der Waals surface area contributed by atoms with Gasteiger partial charge in [-0.15, -0.1) is 12.4 Å². The minimum atomic E-state index is -4.64. The minimum Gasteiger partial charge on any atom is -0.370 e. The number of aliphatic hydroxyl groups is 1. The molecular weight excluding hydrogens is 508 g/mol. The van der Waals surface area contributed by atoms with Gasteiger partial charge in [-0.25, -0.2) is 14.4 Å². The number of nitrogens with two attached hydrogens (primary N) is 1. The third kappa shape index (κ3) is 5.90. The van der Waals surface area contributed by atoms with Gasteiger partial charge in [0.1, 0.15) is 12.1 Å². The smallest absolute Gasteiger partial charge is 0.370 e. The van der Waals surface area contributed by atoms with E-state index in [4.69, 9.17) is 5.73 Å². The van der Waals surface area contributed by atoms with Crippen molar-refractivity contribution in [1.82, 2.24) is 24.8 Å². The van der Waals surface area contributed by atoms with Crippen LogP contribution >= 0.6 is 12.4 Å². The van der Waals surface area contributed by atoms with Crippen LogP contribution < -0.4 is 5.73 Å². The van der Waals surface area contributed by atoms with Gasteiger partial charge in [-0.1, -0.05) is 0 Å². The van der Waals surface area contributed by atoms with Gasteiger partial charge < -0.3 is 20.6 Å². The van der Waals surface area contributed by atoms with Gasteiger partial charge in [-0.3, -0.25) is 14.6 Å². The summed E-state index contributed by atoms with van der Waals surface area (Å²) in [5.74, 6) is -2.94. The number of alkyl halides is 4. The Labute approximate surface area is 210 Å². The zero-order valence-electron chi connectivity index (χ0n) is 18.9. The molecule has 14 heteroatoms. The molecule has 2 aromatic rings. The van der Waals surface area contributed by atoms with Crippen LogP contribution in [0.25, 0.3) is 11.4 Å². The zero-order chi connectivity index (χ0) is 25.3. The Hall–Kier alpha value is -2.90. The molecule has 2 amide bonds. The van der Waals surface area contributed by atoms with E-state index < -0.39 is 55.3 Å². The monoisotopic (exact) mass is 532 g/mol. The molecule has 1 saturated heterocycles. The second-order valence-electron chi connectivity index (χ2n) is 8.68. The molecular formula is C22H25ClF4N6O3. The number of halogens is 5. The first-order chi connectivity index (χ1) is 16.5. The van der Waals surface area contributed by atoms with Crippen molar-refractivity contribution in [3.63, 3.8) is 0 Å². The summed E-state index contributed by atoms with van der Waals surface area (Å²) in [6.07, 6.45) is -4.40. The third-order valence-electron chi connectivity index (χ3n) is 6.17. The van der Waals surface area contributed by atoms with Crippen LogP contribution in [0.4, 0.5) is 17.6 Å². The number of carbonyl (C=O) groups is 2. The Morgan fingerprint density at radius 1 is 1.28 bits per heavy atom. The number of hydrogen-bond acceptors (Lipinski definition) is 7. The Kier molecular flexibility index (Phi) is 8.47. The predicted molar refractivity (Wildman–Crippen MR) is 121 cm³/mol. The maximum Gasteiger partial charge on any atom is 0.397 e. The van der Waals surface area contributed by atoms with Crippen molar-refractivity contribution >= 4 is 24.2 Å². The summed E-state index contributed by atoms with van der Waals surface area (Å²) in [5.41, 5.74) is 6.51. The van der Waals surface area contributed by atoms with E-state index in [0.29, 0.717) is 5.56 Å². The van der Waals surface area contributed by atoms with E-state index in [1.54, 1.807) is 12.1 Å². The molecule has 4 heterocycles. The van der Waals surface area contributed by atoms with Gasteiger partial charge >= 0.3 is 6.18 Å². The molecule has 36 heavy (non-hydrogen) atoms. The Bertz CT molecular complexity index is 1090. The maximum atomic E-state index is 13.8. The second-order valence-corrected chi connectivity index (χ2v) is 8.68. The third-order valence-corrected chi connectivity index (χ3v) is 6.17. The van der Waals surface area contributed by atoms with Crippen LogP contribution in [0.3, 0.4) is 0 Å². The van der Waals surface area contributed by atoms with Crippen LogP contribution in [-0.4, -0.2) is 79.4 Å². The van der Waals surface area contributed by atoms with Gasteiger partial charge in [0.15, 0.2) is 12.1 Å². The van der Waals surface area contributed by atoms with Gasteiger partial charge in [0.05, 0.1) is 12.2 Å². The van der Waals surface area contributed by atoms with Crippen LogP contribution in [0.1, 0.15) is 36.4 Å². The number of pyridine rings is 1. The number of aromatic nitrogens is 3. The molecule has 9 nitrogen and oxygen atoms in total. The molecule has 4 atom stereocenters. The number of fused-ring (bicyclic) bond motifs is 1. The molecule has 0 aromatic carbocycles. The Morgan fingerprint density at radius 3 is 2.64 bits per heavy atom. The standard InChI is InChI=1S/C22H24F4N6O3.ClH/c23-16-1-2-18(33)32(21(16)35)9-13(27)7-19(34)31-10-15(22(24,25)26)14-8-29-20(30-17(14)11-31)12-3-5-28-6-4-12;/h3-6,8,13,15-16,21,35H,1-2,7,9-11,27H2;1H/t13-,15?,16?,21?;/m1./s1. The lowest BCUT2D eigenvalue weighted by molar-refractivity contribution is -0.162. The molecule has 2 aromatic heterocycles. The molecule has 0 bridgehead atoms. The summed E-state index contributed by atoms with van der Waals surface area (Å²) in [7, 11) is 0. The van der Waals surface area contributed by atoms with E-state index in [1.807, 2.05) is 0 Å². The van der Waals surface area contributed by atoms with Gasteiger partial charge in [0, 0.05) is 61.7 Å². The van der Waals surface area contributed by atoms with Crippen LogP contribution in [0.5, 0.6) is 0 Å². The summed E-state index contributed by atoms with van der Waals surface area (Å²) < 4.78 is 55.3. The van der Waals surface area contributed by atoms with Gasteiger partial charge in [0.2, 0.25) is 11.8 Å². The van der Waals surface area contributed by atoms with E-state index in [1.165, 1.54) is 12.4 Å². The van der Waals surface area contributed by atoms with E-state index in [9.17, 15) is 32.3 Å². The molecule has 4 rings (SSSR count). The fraction of sp³-hybridized carbons (Fsp3) is 0.500. The highest BCUT2D eigenvalue weighted by atomic mass is 35.5. The first kappa shape index (κ1) is 27.7.